The summed E-state index contributed by atoms with van der Waals surface area (Å²) in [5, 5.41) is 18.5. The molecule has 0 unspecified atom stereocenters. The molecule has 0 atom stereocenters. The van der Waals surface area contributed by atoms with Crippen LogP contribution in [0.25, 0.3) is 21.8 Å². The van der Waals surface area contributed by atoms with E-state index in [1.807, 2.05) is 13.8 Å². The molecular weight excluding hydrogens is 464 g/mol. The van der Waals surface area contributed by atoms with Gasteiger partial charge in [-0.25, -0.2) is 5.90 Å². The Balaban J connectivity index is 0.00000176. The number of aromatic amines is 2. The molecular formula is C25H30N6O5. The van der Waals surface area contributed by atoms with Crippen LogP contribution in [0.15, 0.2) is 48.5 Å². The topological polar surface area (TPSA) is 174 Å². The Hall–Kier alpha value is -4.19. The molecule has 4 aromatic rings. The van der Waals surface area contributed by atoms with Crippen LogP contribution in [0.4, 0.5) is 5.69 Å². The Bertz CT molecular complexity index is 1360. The third kappa shape index (κ3) is 6.27. The molecule has 0 aliphatic rings. The van der Waals surface area contributed by atoms with Crippen LogP contribution in [0.5, 0.6) is 0 Å². The van der Waals surface area contributed by atoms with Crippen molar-refractivity contribution in [3.05, 3.63) is 65.5 Å². The van der Waals surface area contributed by atoms with Gasteiger partial charge in [0.05, 0.1) is 13.2 Å². The summed E-state index contributed by atoms with van der Waals surface area (Å²) < 4.78 is 0. The first kappa shape index (κ1) is 26.4. The lowest BCUT2D eigenvalue weighted by atomic mass is 10.1. The van der Waals surface area contributed by atoms with E-state index in [9.17, 15) is 14.4 Å². The van der Waals surface area contributed by atoms with Crippen molar-refractivity contribution in [2.75, 3.05) is 31.6 Å². The molecule has 11 nitrogen and oxygen atoms in total. The van der Waals surface area contributed by atoms with Crippen LogP contribution in [-0.4, -0.2) is 59.1 Å². The number of anilines is 1. The number of hydrogen-bond acceptors (Lipinski definition) is 6. The zero-order valence-electron chi connectivity index (χ0n) is 20.1. The van der Waals surface area contributed by atoms with Crippen LogP contribution in [0.2, 0.25) is 0 Å². The van der Waals surface area contributed by atoms with Crippen molar-refractivity contribution in [2.45, 2.75) is 13.8 Å². The number of amides is 3. The average Bonchev–Trinajstić information content (AvgIpc) is 3.52. The number of fused-ring (bicyclic) bond motifs is 2. The summed E-state index contributed by atoms with van der Waals surface area (Å²) in [4.78, 5) is 47.6. The molecule has 0 spiro atoms. The minimum absolute atomic E-state index is 0.144. The molecule has 0 bridgehead atoms. The van der Waals surface area contributed by atoms with Gasteiger partial charge in [-0.1, -0.05) is 19.9 Å². The Morgan fingerprint density at radius 3 is 2.28 bits per heavy atom. The molecule has 8 N–H and O–H groups in total. The fourth-order valence-corrected chi connectivity index (χ4v) is 3.51. The van der Waals surface area contributed by atoms with Crippen LogP contribution in [0.3, 0.4) is 0 Å². The monoisotopic (exact) mass is 494 g/mol. The highest BCUT2D eigenvalue weighted by atomic mass is 16.6. The van der Waals surface area contributed by atoms with Gasteiger partial charge < -0.3 is 35.9 Å². The van der Waals surface area contributed by atoms with E-state index in [1.54, 1.807) is 48.5 Å². The number of aliphatic hydroxyl groups is 1. The second kappa shape index (κ2) is 12.5. The van der Waals surface area contributed by atoms with Gasteiger partial charge in [-0.15, -0.1) is 0 Å². The van der Waals surface area contributed by atoms with Crippen molar-refractivity contribution >= 4 is 45.2 Å². The Morgan fingerprint density at radius 2 is 1.53 bits per heavy atom. The van der Waals surface area contributed by atoms with Gasteiger partial charge in [0.2, 0.25) is 0 Å². The average molecular weight is 495 g/mol. The van der Waals surface area contributed by atoms with E-state index < -0.39 is 0 Å². The minimum Gasteiger partial charge on any atom is -0.395 e. The summed E-state index contributed by atoms with van der Waals surface area (Å²) in [5.74, 6) is 4.01. The number of nitrogens with two attached hydrogens (primary N) is 1. The number of benzene rings is 2. The van der Waals surface area contributed by atoms with E-state index in [4.69, 9.17) is 11.0 Å². The van der Waals surface area contributed by atoms with Crippen molar-refractivity contribution in [3.8, 4) is 0 Å². The quantitative estimate of drug-likeness (QED) is 0.139. The number of nitrogens with one attached hydrogen (secondary N) is 5. The molecule has 0 saturated heterocycles. The van der Waals surface area contributed by atoms with Gasteiger partial charge in [0, 0.05) is 46.1 Å². The predicted molar refractivity (Wildman–Crippen MR) is 138 cm³/mol. The lowest BCUT2D eigenvalue weighted by molar-refractivity contribution is 0.0915. The summed E-state index contributed by atoms with van der Waals surface area (Å²) in [6, 6.07) is 13.7. The summed E-state index contributed by atoms with van der Waals surface area (Å²) in [6.07, 6.45) is 0. The molecule has 0 aliphatic carbocycles. The predicted octanol–water partition coefficient (Wildman–Crippen LogP) is 2.27. The molecule has 0 aliphatic heterocycles. The van der Waals surface area contributed by atoms with Crippen molar-refractivity contribution < 1.29 is 24.3 Å². The third-order valence-electron chi connectivity index (χ3n) is 5.16. The molecule has 0 fully saturated rings. The second-order valence-electron chi connectivity index (χ2n) is 7.53. The number of aliphatic hydroxyl groups excluding tert-OH is 1. The normalized spacial score (nSPS) is 10.6. The van der Waals surface area contributed by atoms with Gasteiger partial charge in [0.15, 0.2) is 0 Å². The highest BCUT2D eigenvalue weighted by Crippen LogP contribution is 2.22. The van der Waals surface area contributed by atoms with E-state index in [0.29, 0.717) is 39.1 Å². The highest BCUT2D eigenvalue weighted by molar-refractivity contribution is 6.08. The van der Waals surface area contributed by atoms with Crippen LogP contribution in [-0.2, 0) is 4.84 Å². The molecule has 0 radical (unpaired) electrons. The van der Waals surface area contributed by atoms with Crippen LogP contribution in [0, 0.1) is 0 Å². The molecule has 4 rings (SSSR count). The molecule has 2 aromatic heterocycles. The zero-order valence-corrected chi connectivity index (χ0v) is 20.1. The minimum atomic E-state index is -0.353. The number of H-pyrrole nitrogens is 2. The summed E-state index contributed by atoms with van der Waals surface area (Å²) in [7, 11) is 0. The smallest absolute Gasteiger partial charge is 0.272 e. The fourth-order valence-electron chi connectivity index (χ4n) is 3.51. The van der Waals surface area contributed by atoms with Crippen molar-refractivity contribution in [3.63, 3.8) is 0 Å². The van der Waals surface area contributed by atoms with Crippen molar-refractivity contribution in [1.82, 2.24) is 20.6 Å². The molecule has 3 amide bonds. The maximum Gasteiger partial charge on any atom is 0.272 e. The van der Waals surface area contributed by atoms with Crippen LogP contribution in [0.1, 0.15) is 45.2 Å². The fraction of sp³-hybridized carbons (Fsp3) is 0.240. The van der Waals surface area contributed by atoms with Crippen molar-refractivity contribution in [2.24, 2.45) is 5.90 Å². The Morgan fingerprint density at radius 1 is 0.833 bits per heavy atom. The largest absolute Gasteiger partial charge is 0.395 e. The van der Waals surface area contributed by atoms with Gasteiger partial charge in [0.1, 0.15) is 11.4 Å². The molecule has 2 aromatic carbocycles. The van der Waals surface area contributed by atoms with Gasteiger partial charge in [0.25, 0.3) is 17.7 Å². The second-order valence-corrected chi connectivity index (χ2v) is 7.53. The van der Waals surface area contributed by atoms with Gasteiger partial charge in [-0.2, -0.15) is 0 Å². The van der Waals surface area contributed by atoms with Crippen LogP contribution >= 0.6 is 0 Å². The first-order valence-electron chi connectivity index (χ1n) is 11.5. The first-order valence-corrected chi connectivity index (χ1v) is 11.5. The van der Waals surface area contributed by atoms with E-state index in [0.717, 1.165) is 5.39 Å². The SMILES string of the molecule is CC.NOCCNC(=O)c1ccc2[nH]c(C(=O)Nc3ccc4cc(C(=O)NCCO)[nH]c4c3)cc2c1. The van der Waals surface area contributed by atoms with Gasteiger partial charge in [-0.3, -0.25) is 14.4 Å². The van der Waals surface area contributed by atoms with Crippen molar-refractivity contribution in [1.29, 1.82) is 0 Å². The number of aromatic nitrogens is 2. The summed E-state index contributed by atoms with van der Waals surface area (Å²) >= 11 is 0. The van der Waals surface area contributed by atoms with Crippen LogP contribution < -0.4 is 21.8 Å². The Labute approximate surface area is 207 Å². The number of carbonyl (C=O) groups excluding carboxylic acids is 3. The molecule has 11 heteroatoms. The third-order valence-corrected chi connectivity index (χ3v) is 5.16. The molecule has 0 saturated carbocycles. The standard InChI is InChI=1S/C23H24N6O5.C2H6/c24-34-8-6-26-21(31)14-2-4-17-15(9-14)11-20(28-17)23(33)27-16-3-1-13-10-19(29-18(13)12-16)22(32)25-5-7-30;1-2/h1-4,9-12,28-30H,5-8,24H2,(H,25,32)(H,26,31)(H,27,33);1-2H3. The lowest BCUT2D eigenvalue weighted by Gasteiger charge is -2.04. The van der Waals surface area contributed by atoms with Gasteiger partial charge >= 0.3 is 0 Å². The Kier molecular flexibility index (Phi) is 9.17. The van der Waals surface area contributed by atoms with E-state index in [2.05, 4.69) is 30.8 Å². The maximum absolute atomic E-state index is 12.8. The van der Waals surface area contributed by atoms with E-state index in [-0.39, 0.29) is 44.0 Å². The lowest BCUT2D eigenvalue weighted by Crippen LogP contribution is -2.27. The molecule has 2 heterocycles. The summed E-state index contributed by atoms with van der Waals surface area (Å²) in [5.41, 5.74) is 3.08. The van der Waals surface area contributed by atoms with E-state index in [1.165, 1.54) is 0 Å². The highest BCUT2D eigenvalue weighted by Gasteiger charge is 2.14. The molecule has 36 heavy (non-hydrogen) atoms. The van der Waals surface area contributed by atoms with E-state index >= 15 is 0 Å². The summed E-state index contributed by atoms with van der Waals surface area (Å²) in [6.45, 7) is 4.51. The number of carbonyl (C=O) groups is 3. The number of hydrogen-bond donors (Lipinski definition) is 7. The zero-order chi connectivity index (χ0) is 26.1. The molecule has 190 valence electrons. The maximum atomic E-state index is 12.8. The van der Waals surface area contributed by atoms with Gasteiger partial charge in [-0.05, 0) is 42.5 Å². The first-order chi connectivity index (χ1) is 17.5. The number of rotatable bonds is 9.